The molecule has 0 radical (unpaired) electrons. The average molecular weight is 239 g/mol. The summed E-state index contributed by atoms with van der Waals surface area (Å²) in [5.74, 6) is 1.73. The minimum atomic E-state index is 0.0459. The zero-order valence-corrected chi connectivity index (χ0v) is 10.8. The van der Waals surface area contributed by atoms with Gasteiger partial charge in [0.25, 0.3) is 0 Å². The summed E-state index contributed by atoms with van der Waals surface area (Å²) < 4.78 is 5.15. The van der Waals surface area contributed by atoms with Crippen LogP contribution in [0.25, 0.3) is 0 Å². The summed E-state index contributed by atoms with van der Waals surface area (Å²) in [4.78, 5) is 11.5. The Morgan fingerprint density at radius 1 is 1.35 bits per heavy atom. The molecule has 1 heterocycles. The third-order valence-electron chi connectivity index (χ3n) is 2.44. The molecule has 0 saturated carbocycles. The highest BCUT2D eigenvalue weighted by Gasteiger charge is 2.05. The lowest BCUT2D eigenvalue weighted by molar-refractivity contribution is -0.121. The molecular weight excluding hydrogens is 218 g/mol. The van der Waals surface area contributed by atoms with Crippen molar-refractivity contribution in [1.82, 2.24) is 15.5 Å². The molecular formula is C12H21N3O2. The Labute approximate surface area is 102 Å². The Hall–Kier alpha value is -1.39. The number of carbonyl (C=O) groups is 1. The smallest absolute Gasteiger partial charge is 0.235 e. The van der Waals surface area contributed by atoms with Gasteiger partial charge < -0.3 is 9.73 Å². The molecule has 96 valence electrons. The van der Waals surface area contributed by atoms with E-state index in [1.165, 1.54) is 6.42 Å². The Morgan fingerprint density at radius 2 is 2.12 bits per heavy atom. The average Bonchev–Trinajstić information content (AvgIpc) is 2.67. The summed E-state index contributed by atoms with van der Waals surface area (Å²) in [6, 6.07) is 0. The van der Waals surface area contributed by atoms with E-state index in [1.54, 1.807) is 6.92 Å². The van der Waals surface area contributed by atoms with Gasteiger partial charge in [-0.05, 0) is 12.3 Å². The molecule has 0 aliphatic carbocycles. The molecule has 0 aromatic carbocycles. The number of aromatic nitrogens is 2. The van der Waals surface area contributed by atoms with Crippen molar-refractivity contribution >= 4 is 5.91 Å². The molecule has 0 unspecified atom stereocenters. The van der Waals surface area contributed by atoms with Gasteiger partial charge in [0.05, 0.1) is 6.54 Å². The normalized spacial score (nSPS) is 10.8. The van der Waals surface area contributed by atoms with Crippen molar-refractivity contribution in [1.29, 1.82) is 0 Å². The molecule has 0 bridgehead atoms. The van der Waals surface area contributed by atoms with E-state index < -0.39 is 0 Å². The minimum Gasteiger partial charge on any atom is -0.424 e. The predicted molar refractivity (Wildman–Crippen MR) is 64.2 cm³/mol. The van der Waals surface area contributed by atoms with Gasteiger partial charge in [-0.2, -0.15) is 0 Å². The molecule has 0 spiro atoms. The van der Waals surface area contributed by atoms with E-state index in [4.69, 9.17) is 4.42 Å². The van der Waals surface area contributed by atoms with E-state index in [-0.39, 0.29) is 5.91 Å². The standard InChI is InChI=1S/C12H21N3O2/c1-9(2)6-4-5-7-11(16)13-8-12-15-14-10(3)17-12/h9H,4-8H2,1-3H3,(H,13,16). The summed E-state index contributed by atoms with van der Waals surface area (Å²) in [6.45, 7) is 6.43. The summed E-state index contributed by atoms with van der Waals surface area (Å²) in [5.41, 5.74) is 0. The molecule has 5 heteroatoms. The van der Waals surface area contributed by atoms with Gasteiger partial charge in [-0.3, -0.25) is 4.79 Å². The second-order valence-corrected chi connectivity index (χ2v) is 4.63. The fourth-order valence-electron chi connectivity index (χ4n) is 1.51. The number of carbonyl (C=O) groups excluding carboxylic acids is 1. The first-order chi connectivity index (χ1) is 8.08. The topological polar surface area (TPSA) is 68.0 Å². The maximum Gasteiger partial charge on any atom is 0.235 e. The number of hydrogen-bond acceptors (Lipinski definition) is 4. The zero-order valence-electron chi connectivity index (χ0n) is 10.8. The fourth-order valence-corrected chi connectivity index (χ4v) is 1.51. The molecule has 17 heavy (non-hydrogen) atoms. The van der Waals surface area contributed by atoms with Gasteiger partial charge >= 0.3 is 0 Å². The van der Waals surface area contributed by atoms with E-state index in [0.29, 0.717) is 30.7 Å². The molecule has 5 nitrogen and oxygen atoms in total. The largest absolute Gasteiger partial charge is 0.424 e. The molecule has 1 aromatic heterocycles. The first-order valence-electron chi connectivity index (χ1n) is 6.13. The van der Waals surface area contributed by atoms with Crippen LogP contribution in [0.4, 0.5) is 0 Å². The highest BCUT2D eigenvalue weighted by atomic mass is 16.4. The van der Waals surface area contributed by atoms with Crippen molar-refractivity contribution in [2.75, 3.05) is 0 Å². The van der Waals surface area contributed by atoms with E-state index in [2.05, 4.69) is 29.4 Å². The third kappa shape index (κ3) is 6.04. The lowest BCUT2D eigenvalue weighted by atomic mass is 10.1. The second kappa shape index (κ2) is 7.04. The molecule has 0 aliphatic rings. The van der Waals surface area contributed by atoms with Gasteiger partial charge in [0.15, 0.2) is 0 Å². The van der Waals surface area contributed by atoms with Gasteiger partial charge in [-0.25, -0.2) is 0 Å². The molecule has 1 rings (SSSR count). The molecule has 1 aromatic rings. The molecule has 0 atom stereocenters. The minimum absolute atomic E-state index is 0.0459. The summed E-state index contributed by atoms with van der Waals surface area (Å²) in [6.07, 6.45) is 3.79. The van der Waals surface area contributed by atoms with Crippen molar-refractivity contribution in [3.8, 4) is 0 Å². The highest BCUT2D eigenvalue weighted by Crippen LogP contribution is 2.07. The van der Waals surface area contributed by atoms with E-state index in [1.807, 2.05) is 0 Å². The van der Waals surface area contributed by atoms with E-state index in [9.17, 15) is 4.79 Å². The van der Waals surface area contributed by atoms with Crippen molar-refractivity contribution in [3.05, 3.63) is 11.8 Å². The van der Waals surface area contributed by atoms with E-state index >= 15 is 0 Å². The zero-order chi connectivity index (χ0) is 12.7. The summed E-state index contributed by atoms with van der Waals surface area (Å²) in [7, 11) is 0. The molecule has 1 N–H and O–H groups in total. The number of rotatable bonds is 7. The van der Waals surface area contributed by atoms with Crippen LogP contribution in [0.2, 0.25) is 0 Å². The van der Waals surface area contributed by atoms with Crippen LogP contribution >= 0.6 is 0 Å². The maximum atomic E-state index is 11.5. The number of nitrogens with one attached hydrogen (secondary N) is 1. The predicted octanol–water partition coefficient (Wildman–Crippen LogP) is 2.21. The number of unbranched alkanes of at least 4 members (excludes halogenated alkanes) is 1. The van der Waals surface area contributed by atoms with Gasteiger partial charge in [-0.15, -0.1) is 10.2 Å². The quantitative estimate of drug-likeness (QED) is 0.741. The van der Waals surface area contributed by atoms with Crippen molar-refractivity contribution in [2.45, 2.75) is 53.0 Å². The number of hydrogen-bond donors (Lipinski definition) is 1. The lowest BCUT2D eigenvalue weighted by Gasteiger charge is -2.04. The fraction of sp³-hybridized carbons (Fsp3) is 0.750. The summed E-state index contributed by atoms with van der Waals surface area (Å²) in [5, 5.41) is 10.3. The monoisotopic (exact) mass is 239 g/mol. The highest BCUT2D eigenvalue weighted by molar-refractivity contribution is 5.75. The Kier molecular flexibility index (Phi) is 5.66. The molecule has 0 saturated heterocycles. The van der Waals surface area contributed by atoms with Crippen LogP contribution in [0, 0.1) is 12.8 Å². The third-order valence-corrected chi connectivity index (χ3v) is 2.44. The van der Waals surface area contributed by atoms with Gasteiger partial charge in [0.1, 0.15) is 0 Å². The molecule has 0 aliphatic heterocycles. The van der Waals surface area contributed by atoms with Crippen LogP contribution in [0.1, 0.15) is 51.3 Å². The first-order valence-corrected chi connectivity index (χ1v) is 6.13. The van der Waals surface area contributed by atoms with Gasteiger partial charge in [0, 0.05) is 13.3 Å². The van der Waals surface area contributed by atoms with Crippen molar-refractivity contribution in [3.63, 3.8) is 0 Å². The van der Waals surface area contributed by atoms with Crippen LogP contribution in [0.5, 0.6) is 0 Å². The number of aryl methyl sites for hydroxylation is 1. The molecule has 1 amide bonds. The SMILES string of the molecule is Cc1nnc(CNC(=O)CCCCC(C)C)o1. The Balaban J connectivity index is 2.09. The van der Waals surface area contributed by atoms with Crippen LogP contribution in [-0.2, 0) is 11.3 Å². The lowest BCUT2D eigenvalue weighted by Crippen LogP contribution is -2.22. The Bertz CT molecular complexity index is 347. The molecule has 0 fully saturated rings. The van der Waals surface area contributed by atoms with Crippen LogP contribution in [0.3, 0.4) is 0 Å². The Morgan fingerprint density at radius 3 is 2.71 bits per heavy atom. The van der Waals surface area contributed by atoms with Gasteiger partial charge in [-0.1, -0.05) is 26.7 Å². The van der Waals surface area contributed by atoms with Crippen molar-refractivity contribution < 1.29 is 9.21 Å². The van der Waals surface area contributed by atoms with Crippen LogP contribution in [0.15, 0.2) is 4.42 Å². The maximum absolute atomic E-state index is 11.5. The number of amides is 1. The van der Waals surface area contributed by atoms with E-state index in [0.717, 1.165) is 12.8 Å². The van der Waals surface area contributed by atoms with Crippen LogP contribution < -0.4 is 5.32 Å². The second-order valence-electron chi connectivity index (χ2n) is 4.63. The van der Waals surface area contributed by atoms with Gasteiger partial charge in [0.2, 0.25) is 17.7 Å². The van der Waals surface area contributed by atoms with Crippen molar-refractivity contribution in [2.24, 2.45) is 5.92 Å². The summed E-state index contributed by atoms with van der Waals surface area (Å²) >= 11 is 0. The number of nitrogens with zero attached hydrogens (tertiary/aromatic N) is 2. The van der Waals surface area contributed by atoms with Crippen LogP contribution in [-0.4, -0.2) is 16.1 Å². The first kappa shape index (κ1) is 13.7.